The fourth-order valence-electron chi connectivity index (χ4n) is 7.10. The quantitative estimate of drug-likeness (QED) is 0.0464. The van der Waals surface area contributed by atoms with Crippen molar-refractivity contribution in [1.29, 1.82) is 0 Å². The molecule has 0 saturated heterocycles. The lowest BCUT2D eigenvalue weighted by molar-refractivity contribution is -0.145. The number of carbonyl (C=O) groups is 6. The van der Waals surface area contributed by atoms with Crippen LogP contribution in [-0.4, -0.2) is 59.2 Å². The predicted octanol–water partition coefficient (Wildman–Crippen LogP) is 6.23. The normalized spacial score (nSPS) is 12.7. The number of primary amides is 1. The van der Waals surface area contributed by atoms with Crippen LogP contribution in [0.3, 0.4) is 0 Å². The molecule has 0 bridgehead atoms. The lowest BCUT2D eigenvalue weighted by Crippen LogP contribution is -2.52. The highest BCUT2D eigenvalue weighted by molar-refractivity contribution is 6.02. The van der Waals surface area contributed by atoms with Gasteiger partial charge in [0.15, 0.2) is 12.4 Å². The average Bonchev–Trinajstić information content (AvgIpc) is 3.22. The van der Waals surface area contributed by atoms with E-state index in [1.807, 2.05) is 92.7 Å². The summed E-state index contributed by atoms with van der Waals surface area (Å²) in [5, 5.41) is 18.7. The van der Waals surface area contributed by atoms with E-state index in [1.165, 1.54) is 0 Å². The smallest absolute Gasteiger partial charge is 0.341 e. The number of benzene rings is 5. The third-order valence-electron chi connectivity index (χ3n) is 10.1. The Morgan fingerprint density at radius 3 is 1.97 bits per heavy atom. The molecule has 5 rings (SSSR count). The summed E-state index contributed by atoms with van der Waals surface area (Å²) < 4.78 is 10.7. The number of carbonyl (C=O) groups excluding carboxylic acids is 5. The van der Waals surface area contributed by atoms with Gasteiger partial charge in [0, 0.05) is 25.2 Å². The Kier molecular flexibility index (Phi) is 15.7. The zero-order valence-corrected chi connectivity index (χ0v) is 33.4. The highest BCUT2D eigenvalue weighted by Crippen LogP contribution is 2.29. The molecule has 308 valence electrons. The van der Waals surface area contributed by atoms with Crippen LogP contribution in [0.4, 0.5) is 0 Å². The van der Waals surface area contributed by atoms with Crippen LogP contribution in [0.1, 0.15) is 62.6 Å². The van der Waals surface area contributed by atoms with Crippen LogP contribution < -0.4 is 21.1 Å². The summed E-state index contributed by atoms with van der Waals surface area (Å²) in [5.41, 5.74) is 8.09. The number of Topliss-reactive ketones (excluding diaryl/α,β-unsaturated/α-hetero) is 1. The van der Waals surface area contributed by atoms with E-state index < -0.39 is 60.1 Å². The Morgan fingerprint density at radius 2 is 1.36 bits per heavy atom. The minimum absolute atomic E-state index is 0.00485. The van der Waals surface area contributed by atoms with Crippen LogP contribution in [0, 0.1) is 11.8 Å². The Bertz CT molecular complexity index is 2200. The van der Waals surface area contributed by atoms with Gasteiger partial charge in [-0.1, -0.05) is 105 Å². The maximum absolute atomic E-state index is 14.2. The number of hydrogen-bond acceptors (Lipinski definition) is 8. The van der Waals surface area contributed by atoms with Gasteiger partial charge in [-0.15, -0.1) is 0 Å². The lowest BCUT2D eigenvalue weighted by Gasteiger charge is -2.25. The number of nitrogens with two attached hydrogens (primary N) is 1. The Balaban J connectivity index is 1.36. The molecule has 0 saturated carbocycles. The first-order valence-electron chi connectivity index (χ1n) is 19.8. The van der Waals surface area contributed by atoms with Crippen LogP contribution in [0.25, 0.3) is 21.5 Å². The number of aryl methyl sites for hydroxylation is 1. The molecule has 0 unspecified atom stereocenters. The van der Waals surface area contributed by atoms with E-state index in [2.05, 4.69) is 16.7 Å². The number of aliphatic carboxylic acids is 1. The number of ether oxygens (including phenoxy) is 2. The second-order valence-corrected chi connectivity index (χ2v) is 15.1. The van der Waals surface area contributed by atoms with Crippen molar-refractivity contribution in [3.05, 3.63) is 126 Å². The van der Waals surface area contributed by atoms with Crippen molar-refractivity contribution in [3.8, 4) is 5.75 Å². The summed E-state index contributed by atoms with van der Waals surface area (Å²) in [6, 6.07) is 31.2. The molecule has 12 nitrogen and oxygen atoms in total. The molecular weight excluding hydrogens is 751 g/mol. The molecule has 0 aliphatic rings. The third-order valence-corrected chi connectivity index (χ3v) is 10.1. The molecule has 59 heavy (non-hydrogen) atoms. The minimum atomic E-state index is -1.22. The van der Waals surface area contributed by atoms with Crippen LogP contribution in [0.5, 0.6) is 5.75 Å². The Hall–Kier alpha value is -6.56. The van der Waals surface area contributed by atoms with Gasteiger partial charge in [-0.3, -0.25) is 24.0 Å². The van der Waals surface area contributed by atoms with E-state index in [0.29, 0.717) is 24.2 Å². The van der Waals surface area contributed by atoms with E-state index in [0.717, 1.165) is 32.7 Å². The molecule has 3 amide bonds. The zero-order chi connectivity index (χ0) is 42.3. The predicted molar refractivity (Wildman–Crippen MR) is 224 cm³/mol. The Labute approximate surface area is 343 Å². The highest BCUT2D eigenvalue weighted by Gasteiger charge is 2.30. The zero-order valence-electron chi connectivity index (χ0n) is 33.4. The monoisotopic (exact) mass is 801 g/mol. The van der Waals surface area contributed by atoms with Crippen LogP contribution in [0.2, 0.25) is 0 Å². The molecule has 5 N–H and O–H groups in total. The van der Waals surface area contributed by atoms with Crippen LogP contribution >= 0.6 is 0 Å². The molecule has 0 radical (unpaired) electrons. The maximum Gasteiger partial charge on any atom is 0.341 e. The lowest BCUT2D eigenvalue weighted by atomic mass is 9.88. The molecule has 0 fully saturated rings. The summed E-state index contributed by atoms with van der Waals surface area (Å²) in [6.45, 7) is 3.32. The number of hydrogen-bond donors (Lipinski definition) is 4. The van der Waals surface area contributed by atoms with Gasteiger partial charge >= 0.3 is 11.9 Å². The number of ketones is 1. The summed E-state index contributed by atoms with van der Waals surface area (Å²) in [4.78, 5) is 78.2. The van der Waals surface area contributed by atoms with Crippen molar-refractivity contribution < 1.29 is 43.3 Å². The molecule has 5 aromatic rings. The standard InChI is InChI=1S/C47H51N3O9/c1-30(2)24-35(46(48)56)27-42(51)41(25-31-16-18-36(19-17-31)58-29-44(53)54)50-47(57)40(21-23-45(55)59-28-32-10-4-3-5-11-32)49-43(52)22-20-39-37-14-8-6-12-33(37)26-34-13-7-9-15-38(34)39/h3-19,26,30,35,40-41H,20-25,27-29H2,1-2H3,(H2,48,56)(H,49,52)(H,50,57)(H,53,54)/t35-,40+,41+/m1/s1. The Morgan fingerprint density at radius 1 is 0.729 bits per heavy atom. The first kappa shape index (κ1) is 43.6. The molecule has 5 aromatic carbocycles. The van der Waals surface area contributed by atoms with Crippen molar-refractivity contribution >= 4 is 57.0 Å². The largest absolute Gasteiger partial charge is 0.482 e. The van der Waals surface area contributed by atoms with Crippen molar-refractivity contribution in [1.82, 2.24) is 10.6 Å². The van der Waals surface area contributed by atoms with E-state index in [-0.39, 0.29) is 44.6 Å². The molecule has 3 atom stereocenters. The number of carboxylic acid groups (broad SMARTS) is 1. The van der Waals surface area contributed by atoms with Gasteiger partial charge in [0.25, 0.3) is 0 Å². The molecule has 0 spiro atoms. The first-order chi connectivity index (χ1) is 28.4. The van der Waals surface area contributed by atoms with Crippen LogP contribution in [0.15, 0.2) is 109 Å². The fraction of sp³-hybridized carbons (Fsp3) is 0.319. The van der Waals surface area contributed by atoms with Crippen LogP contribution in [-0.2, 0) is 53.0 Å². The van der Waals surface area contributed by atoms with Gasteiger partial charge in [0.1, 0.15) is 18.4 Å². The summed E-state index contributed by atoms with van der Waals surface area (Å²) in [7, 11) is 0. The van der Waals surface area contributed by atoms with Gasteiger partial charge in [0.05, 0.1) is 6.04 Å². The summed E-state index contributed by atoms with van der Waals surface area (Å²) in [5.74, 6) is -4.30. The van der Waals surface area contributed by atoms with Gasteiger partial charge < -0.3 is 30.9 Å². The average molecular weight is 802 g/mol. The number of nitrogens with one attached hydrogen (secondary N) is 2. The van der Waals surface area contributed by atoms with Gasteiger partial charge in [-0.05, 0) is 88.0 Å². The first-order valence-corrected chi connectivity index (χ1v) is 19.8. The van der Waals surface area contributed by atoms with Gasteiger partial charge in [-0.2, -0.15) is 0 Å². The molecule has 0 aromatic heterocycles. The second-order valence-electron chi connectivity index (χ2n) is 15.1. The second kappa shape index (κ2) is 21.3. The SMILES string of the molecule is CC(C)C[C@H](CC(=O)[C@H](Cc1ccc(OCC(=O)O)cc1)NC(=O)[C@H](CCC(=O)OCc1ccccc1)NC(=O)CCc1c2ccccc2cc2ccccc12)C(N)=O. The van der Waals surface area contributed by atoms with Crippen molar-refractivity contribution in [3.63, 3.8) is 0 Å². The van der Waals surface area contributed by atoms with Crippen molar-refractivity contribution in [2.75, 3.05) is 6.61 Å². The number of amides is 3. The summed E-state index contributed by atoms with van der Waals surface area (Å²) >= 11 is 0. The van der Waals surface area contributed by atoms with E-state index in [9.17, 15) is 28.8 Å². The third kappa shape index (κ3) is 13.2. The molecule has 0 aliphatic heterocycles. The number of carboxylic acids is 1. The van der Waals surface area contributed by atoms with Gasteiger partial charge in [0.2, 0.25) is 17.7 Å². The summed E-state index contributed by atoms with van der Waals surface area (Å²) in [6.07, 6.45) is 0.245. The fourth-order valence-corrected chi connectivity index (χ4v) is 7.10. The highest BCUT2D eigenvalue weighted by atomic mass is 16.5. The van der Waals surface area contributed by atoms with E-state index in [1.54, 1.807) is 24.3 Å². The number of rotatable bonds is 22. The molecule has 0 heterocycles. The van der Waals surface area contributed by atoms with Crippen molar-refractivity contribution in [2.45, 2.75) is 77.5 Å². The topological polar surface area (TPSA) is 191 Å². The molecule has 12 heteroatoms. The van der Waals surface area contributed by atoms with E-state index >= 15 is 0 Å². The maximum atomic E-state index is 14.2. The number of esters is 1. The minimum Gasteiger partial charge on any atom is -0.482 e. The van der Waals surface area contributed by atoms with Crippen molar-refractivity contribution in [2.24, 2.45) is 17.6 Å². The van der Waals surface area contributed by atoms with Gasteiger partial charge in [-0.25, -0.2) is 4.79 Å². The van der Waals surface area contributed by atoms with E-state index in [4.69, 9.17) is 20.3 Å². The molecular formula is C47H51N3O9. The molecule has 0 aliphatic carbocycles. The number of fused-ring (bicyclic) bond motifs is 2.